The van der Waals surface area contributed by atoms with Gasteiger partial charge in [-0.05, 0) is 47.4 Å². The number of hydrogen-bond donors (Lipinski definition) is 5. The van der Waals surface area contributed by atoms with Gasteiger partial charge in [-0.1, -0.05) is 51.1 Å². The molecule has 2 heterocycles. The van der Waals surface area contributed by atoms with Gasteiger partial charge < -0.3 is 51.1 Å². The van der Waals surface area contributed by atoms with Crippen molar-refractivity contribution in [2.24, 2.45) is 5.73 Å². The van der Waals surface area contributed by atoms with Gasteiger partial charge in [-0.25, -0.2) is 9.78 Å². The van der Waals surface area contributed by atoms with Crippen LogP contribution in [0, 0.1) is 5.21 Å². The largest absolute Gasteiger partial charge is 0.633 e. The molecule has 0 unspecified atom stereocenters. The van der Waals surface area contributed by atoms with Gasteiger partial charge in [0.25, 0.3) is 5.91 Å². The SMILES string of the molecule is COc1cc(Nc2cc(Oc3ccc(NC(=O)Nc4cc(C(C)(C)C)cc(CC(N)=O)c4OC)c4ccccc34)ccn2)cc(C(=O)NCCC[N+]2([O-])CCSCC2)c1. The maximum atomic E-state index is 13.5. The van der Waals surface area contributed by atoms with Gasteiger partial charge in [0.2, 0.25) is 5.91 Å². The Morgan fingerprint density at radius 3 is 2.34 bits per heavy atom. The van der Waals surface area contributed by atoms with Gasteiger partial charge in [0, 0.05) is 70.4 Å². The third-order valence-electron chi connectivity index (χ3n) is 9.93. The number of nitrogens with zero attached hydrogens (tertiary/aromatic N) is 2. The van der Waals surface area contributed by atoms with E-state index in [9.17, 15) is 19.6 Å². The number of benzene rings is 4. The number of ether oxygens (including phenoxy) is 3. The molecule has 5 aromatic rings. The van der Waals surface area contributed by atoms with Crippen molar-refractivity contribution in [2.45, 2.75) is 39.0 Å². The third kappa shape index (κ3) is 11.1. The number of aromatic nitrogens is 1. The quantitative estimate of drug-likeness (QED) is 0.0394. The highest BCUT2D eigenvalue weighted by Crippen LogP contribution is 2.38. The van der Waals surface area contributed by atoms with Crippen molar-refractivity contribution in [2.75, 3.05) is 67.9 Å². The average Bonchev–Trinajstić information content (AvgIpc) is 3.20. The molecule has 0 saturated carbocycles. The highest BCUT2D eigenvalue weighted by Gasteiger charge is 2.23. The zero-order chi connectivity index (χ0) is 42.2. The Balaban J connectivity index is 1.15. The van der Waals surface area contributed by atoms with Crippen molar-refractivity contribution in [3.05, 3.63) is 107 Å². The second-order valence-corrected chi connectivity index (χ2v) is 16.6. The number of urea groups is 1. The number of carbonyl (C=O) groups excluding carboxylic acids is 3. The summed E-state index contributed by atoms with van der Waals surface area (Å²) in [5.41, 5.74) is 8.67. The predicted molar refractivity (Wildman–Crippen MR) is 234 cm³/mol. The molecule has 1 fully saturated rings. The number of primary amides is 1. The fraction of sp³-hybridized carbons (Fsp3) is 0.318. The van der Waals surface area contributed by atoms with E-state index in [1.165, 1.54) is 14.2 Å². The topological polar surface area (TPSA) is 189 Å². The molecule has 0 aliphatic carbocycles. The molecule has 14 nitrogen and oxygen atoms in total. The molecule has 0 radical (unpaired) electrons. The van der Waals surface area contributed by atoms with Crippen LogP contribution in [0.25, 0.3) is 10.8 Å². The summed E-state index contributed by atoms with van der Waals surface area (Å²) in [5, 5.41) is 26.4. The van der Waals surface area contributed by atoms with Crippen LogP contribution in [0.15, 0.2) is 85.1 Å². The summed E-state index contributed by atoms with van der Waals surface area (Å²) in [6.07, 6.45) is 2.16. The second-order valence-electron chi connectivity index (χ2n) is 15.4. The first kappa shape index (κ1) is 42.6. The van der Waals surface area contributed by atoms with Crippen LogP contribution in [0.3, 0.4) is 0 Å². The minimum Gasteiger partial charge on any atom is -0.633 e. The summed E-state index contributed by atoms with van der Waals surface area (Å²) in [4.78, 5) is 43.0. The first-order chi connectivity index (χ1) is 28.2. The number of nitrogens with two attached hydrogens (primary N) is 1. The molecule has 1 aliphatic heterocycles. The van der Waals surface area contributed by atoms with Gasteiger partial charge in [0.15, 0.2) is 0 Å². The number of rotatable bonds is 15. The number of thioether (sulfide) groups is 1. The van der Waals surface area contributed by atoms with E-state index in [1.807, 2.05) is 68.9 Å². The standard InChI is InChI=1S/C44H51N7O7S/c1-44(2,3)30-21-28(24-39(45)52)41(57-5)37(25-30)50-43(54)49-36-11-12-38(35-10-7-6-9-34(35)36)58-32-13-15-46-40(27-32)48-31-22-29(23-33(26-31)56-4)42(53)47-14-8-16-51(55)17-19-59-20-18-51/h6-7,9-13,15,21-23,25-27H,8,14,16-20,24H2,1-5H3,(H2,45,52)(H,46,48)(H,47,53)(H2,49,50,54). The lowest BCUT2D eigenvalue weighted by Gasteiger charge is -2.45. The zero-order valence-electron chi connectivity index (χ0n) is 34.0. The molecule has 59 heavy (non-hydrogen) atoms. The molecule has 0 spiro atoms. The van der Waals surface area contributed by atoms with Crippen molar-refractivity contribution in [3.8, 4) is 23.0 Å². The first-order valence-electron chi connectivity index (χ1n) is 19.4. The molecular weight excluding hydrogens is 771 g/mol. The summed E-state index contributed by atoms with van der Waals surface area (Å²) in [6.45, 7) is 8.21. The number of amides is 4. The van der Waals surface area contributed by atoms with Crippen molar-refractivity contribution in [3.63, 3.8) is 0 Å². The number of quaternary nitrogens is 1. The fourth-order valence-electron chi connectivity index (χ4n) is 6.83. The lowest BCUT2D eigenvalue weighted by Crippen LogP contribution is -2.49. The van der Waals surface area contributed by atoms with Gasteiger partial charge in [-0.3, -0.25) is 9.59 Å². The molecule has 15 heteroatoms. The van der Waals surface area contributed by atoms with Crippen LogP contribution in [0.2, 0.25) is 0 Å². The zero-order valence-corrected chi connectivity index (χ0v) is 34.8. The first-order valence-corrected chi connectivity index (χ1v) is 20.5. The summed E-state index contributed by atoms with van der Waals surface area (Å²) >= 11 is 1.81. The smallest absolute Gasteiger partial charge is 0.323 e. The average molecular weight is 822 g/mol. The van der Waals surface area contributed by atoms with E-state index in [0.717, 1.165) is 27.8 Å². The Labute approximate surface area is 348 Å². The van der Waals surface area contributed by atoms with Crippen LogP contribution < -0.4 is 41.2 Å². The Bertz CT molecular complexity index is 2330. The normalized spacial score (nSPS) is 13.6. The van der Waals surface area contributed by atoms with E-state index in [1.54, 1.807) is 48.7 Å². The molecule has 0 atom stereocenters. The lowest BCUT2D eigenvalue weighted by atomic mass is 9.85. The van der Waals surface area contributed by atoms with Crippen LogP contribution in [0.5, 0.6) is 23.0 Å². The number of hydrogen-bond acceptors (Lipinski definition) is 10. The van der Waals surface area contributed by atoms with Crippen LogP contribution in [0.4, 0.5) is 27.7 Å². The van der Waals surface area contributed by atoms with Crippen molar-refractivity contribution < 1.29 is 33.2 Å². The van der Waals surface area contributed by atoms with Crippen molar-refractivity contribution in [1.82, 2.24) is 10.3 Å². The third-order valence-corrected chi connectivity index (χ3v) is 10.9. The number of anilines is 4. The van der Waals surface area contributed by atoms with E-state index in [2.05, 4.69) is 26.3 Å². The molecule has 6 N–H and O–H groups in total. The maximum Gasteiger partial charge on any atom is 0.323 e. The van der Waals surface area contributed by atoms with Crippen LogP contribution in [0.1, 0.15) is 48.7 Å². The second kappa shape index (κ2) is 18.7. The molecule has 1 aromatic heterocycles. The highest BCUT2D eigenvalue weighted by molar-refractivity contribution is 7.99. The van der Waals surface area contributed by atoms with Crippen molar-refractivity contribution >= 4 is 63.3 Å². The number of hydroxylamine groups is 3. The van der Waals surface area contributed by atoms with Crippen LogP contribution in [-0.4, -0.2) is 79.4 Å². The summed E-state index contributed by atoms with van der Waals surface area (Å²) in [7, 11) is 3.01. The lowest BCUT2D eigenvalue weighted by molar-refractivity contribution is -0.877. The maximum absolute atomic E-state index is 13.5. The predicted octanol–water partition coefficient (Wildman–Crippen LogP) is 7.94. The number of methoxy groups -OCH3 is 2. The molecule has 1 aliphatic rings. The monoisotopic (exact) mass is 821 g/mol. The summed E-state index contributed by atoms with van der Waals surface area (Å²) in [6, 6.07) is 22.9. The molecule has 1 saturated heterocycles. The van der Waals surface area contributed by atoms with Gasteiger partial charge in [-0.15, -0.1) is 0 Å². The highest BCUT2D eigenvalue weighted by atomic mass is 32.2. The van der Waals surface area contributed by atoms with Gasteiger partial charge in [-0.2, -0.15) is 11.8 Å². The molecular formula is C44H51N7O7S. The fourth-order valence-corrected chi connectivity index (χ4v) is 7.96. The van der Waals surface area contributed by atoms with Crippen LogP contribution >= 0.6 is 11.8 Å². The Morgan fingerprint density at radius 1 is 0.881 bits per heavy atom. The van der Waals surface area contributed by atoms with E-state index in [-0.39, 0.29) is 22.4 Å². The molecule has 4 aromatic carbocycles. The molecule has 4 amide bonds. The van der Waals surface area contributed by atoms with E-state index >= 15 is 0 Å². The molecule has 6 rings (SSSR count). The number of fused-ring (bicyclic) bond motifs is 1. The minimum atomic E-state index is -0.513. The number of pyridine rings is 1. The van der Waals surface area contributed by atoms with Gasteiger partial charge in [0.1, 0.15) is 28.8 Å². The Morgan fingerprint density at radius 2 is 1.63 bits per heavy atom. The molecule has 0 bridgehead atoms. The number of nitrogens with one attached hydrogen (secondary N) is 4. The van der Waals surface area contributed by atoms with Gasteiger partial charge >= 0.3 is 6.03 Å². The minimum absolute atomic E-state index is 0.0451. The van der Waals surface area contributed by atoms with Gasteiger partial charge in [0.05, 0.1) is 51.6 Å². The van der Waals surface area contributed by atoms with E-state index in [4.69, 9.17) is 19.9 Å². The Kier molecular flexibility index (Phi) is 13.5. The van der Waals surface area contributed by atoms with Crippen molar-refractivity contribution in [1.29, 1.82) is 0 Å². The summed E-state index contributed by atoms with van der Waals surface area (Å²) in [5.74, 6) is 3.32. The number of carbonyl (C=O) groups is 3. The Hall–Kier alpha value is -6.03. The van der Waals surface area contributed by atoms with Crippen LogP contribution in [-0.2, 0) is 16.6 Å². The summed E-state index contributed by atoms with van der Waals surface area (Å²) < 4.78 is 17.3. The molecule has 310 valence electrons. The van der Waals surface area contributed by atoms with E-state index < -0.39 is 11.9 Å². The van der Waals surface area contributed by atoms with E-state index in [0.29, 0.717) is 89.6 Å².